The number of amides is 3. The summed E-state index contributed by atoms with van der Waals surface area (Å²) in [7, 11) is 0. The smallest absolute Gasteiger partial charge is 0.272 e. The molecule has 5 aromatic rings. The minimum absolute atomic E-state index is 0.0736. The van der Waals surface area contributed by atoms with E-state index in [0.717, 1.165) is 21.6 Å². The second-order valence-electron chi connectivity index (χ2n) is 10.4. The predicted octanol–water partition coefficient (Wildman–Crippen LogP) is 8.41. The van der Waals surface area contributed by atoms with E-state index in [9.17, 15) is 18.8 Å². The fourth-order valence-electron chi connectivity index (χ4n) is 4.60. The van der Waals surface area contributed by atoms with Crippen LogP contribution >= 0.6 is 11.8 Å². The second kappa shape index (κ2) is 15.5. The highest BCUT2D eigenvalue weighted by atomic mass is 32.2. The number of carbonyl (C=O) groups excluding carboxylic acids is 3. The molecule has 0 aromatic heterocycles. The zero-order chi connectivity index (χ0) is 32.3. The summed E-state index contributed by atoms with van der Waals surface area (Å²) < 4.78 is 13.3. The Morgan fingerprint density at radius 2 is 1.37 bits per heavy atom. The van der Waals surface area contributed by atoms with Crippen molar-refractivity contribution in [2.45, 2.75) is 23.5 Å². The Kier molecular flexibility index (Phi) is 10.8. The number of hydrogen-bond acceptors (Lipinski definition) is 4. The molecule has 0 heterocycles. The van der Waals surface area contributed by atoms with Crippen LogP contribution in [0.3, 0.4) is 0 Å². The lowest BCUT2D eigenvalue weighted by molar-refractivity contribution is -0.116. The number of thioether (sulfide) groups is 1. The Morgan fingerprint density at radius 3 is 2.04 bits per heavy atom. The molecule has 8 heteroatoms. The Hall–Kier alpha value is -5.47. The highest BCUT2D eigenvalue weighted by Crippen LogP contribution is 2.29. The van der Waals surface area contributed by atoms with Gasteiger partial charge in [0.1, 0.15) is 11.5 Å². The number of anilines is 2. The summed E-state index contributed by atoms with van der Waals surface area (Å²) in [5, 5.41) is 8.07. The van der Waals surface area contributed by atoms with Gasteiger partial charge in [-0.1, -0.05) is 85.8 Å². The Bertz CT molecular complexity index is 1830. The third-order valence-corrected chi connectivity index (χ3v) is 8.36. The highest BCUT2D eigenvalue weighted by molar-refractivity contribution is 8.00. The molecular formula is C38H32FN3O3S. The number of halogens is 1. The first kappa shape index (κ1) is 31.9. The average Bonchev–Trinajstić information content (AvgIpc) is 3.09. The molecule has 3 amide bonds. The van der Waals surface area contributed by atoms with Crippen LogP contribution in [-0.4, -0.2) is 23.0 Å². The van der Waals surface area contributed by atoms with Gasteiger partial charge in [0.05, 0.1) is 5.25 Å². The van der Waals surface area contributed by atoms with Gasteiger partial charge in [0, 0.05) is 21.8 Å². The van der Waals surface area contributed by atoms with Crippen LogP contribution in [0.4, 0.5) is 15.8 Å². The minimum atomic E-state index is -0.500. The molecular weight excluding hydrogens is 598 g/mol. The van der Waals surface area contributed by atoms with E-state index in [1.54, 1.807) is 48.5 Å². The lowest BCUT2D eigenvalue weighted by Crippen LogP contribution is -2.30. The number of hydrogen-bond donors (Lipinski definition) is 3. The van der Waals surface area contributed by atoms with Gasteiger partial charge in [0.15, 0.2) is 0 Å². The summed E-state index contributed by atoms with van der Waals surface area (Å²) in [5.74, 6) is -1.50. The van der Waals surface area contributed by atoms with Gasteiger partial charge in [-0.05, 0) is 83.8 Å². The van der Waals surface area contributed by atoms with Gasteiger partial charge in [-0.3, -0.25) is 14.4 Å². The number of nitrogens with one attached hydrogen (secondary N) is 3. The Labute approximate surface area is 271 Å². The van der Waals surface area contributed by atoms with Gasteiger partial charge in [0.2, 0.25) is 5.91 Å². The third kappa shape index (κ3) is 8.80. The van der Waals surface area contributed by atoms with Crippen molar-refractivity contribution in [3.63, 3.8) is 0 Å². The quantitative estimate of drug-likeness (QED) is 0.101. The average molecular weight is 630 g/mol. The van der Waals surface area contributed by atoms with Crippen molar-refractivity contribution in [3.8, 4) is 11.1 Å². The molecule has 0 aliphatic carbocycles. The molecule has 0 saturated carbocycles. The van der Waals surface area contributed by atoms with E-state index in [2.05, 4.69) is 16.0 Å². The first-order chi connectivity index (χ1) is 22.4. The Balaban J connectivity index is 1.33. The first-order valence-corrected chi connectivity index (χ1v) is 15.6. The molecule has 3 N–H and O–H groups in total. The van der Waals surface area contributed by atoms with Crippen molar-refractivity contribution in [2.24, 2.45) is 0 Å². The lowest BCUT2D eigenvalue weighted by Gasteiger charge is -2.16. The van der Waals surface area contributed by atoms with Crippen LogP contribution in [0.2, 0.25) is 0 Å². The molecule has 6 nitrogen and oxygen atoms in total. The predicted molar refractivity (Wildman–Crippen MR) is 184 cm³/mol. The molecule has 0 aliphatic rings. The third-order valence-electron chi connectivity index (χ3n) is 7.00. The van der Waals surface area contributed by atoms with Gasteiger partial charge in [-0.25, -0.2) is 4.39 Å². The van der Waals surface area contributed by atoms with E-state index in [0.29, 0.717) is 23.4 Å². The van der Waals surface area contributed by atoms with E-state index in [1.165, 1.54) is 36.0 Å². The lowest BCUT2D eigenvalue weighted by atomic mass is 10.0. The van der Waals surface area contributed by atoms with Crippen LogP contribution in [-0.2, 0) is 9.59 Å². The minimum Gasteiger partial charge on any atom is -0.325 e. The number of benzene rings is 5. The maximum Gasteiger partial charge on any atom is 0.272 e. The summed E-state index contributed by atoms with van der Waals surface area (Å²) in [5.41, 5.74) is 4.35. The molecule has 1 unspecified atom stereocenters. The van der Waals surface area contributed by atoms with Crippen molar-refractivity contribution in [1.82, 2.24) is 5.32 Å². The van der Waals surface area contributed by atoms with Crippen molar-refractivity contribution in [2.75, 3.05) is 10.6 Å². The van der Waals surface area contributed by atoms with E-state index < -0.39 is 17.1 Å². The molecule has 5 aromatic carbocycles. The molecule has 1 atom stereocenters. The SMILES string of the molecule is CCC(Sc1cccc(NC(=O)/C(=C\c2ccc(-c3ccccc3)cc2)NC(=O)c2ccccc2)c1)C(=O)Nc1ccc(F)cc1. The largest absolute Gasteiger partial charge is 0.325 e. The van der Waals surface area contributed by atoms with Gasteiger partial charge in [0.25, 0.3) is 11.8 Å². The van der Waals surface area contributed by atoms with E-state index >= 15 is 0 Å². The molecule has 0 saturated heterocycles. The maximum atomic E-state index is 13.6. The van der Waals surface area contributed by atoms with Gasteiger partial charge in [-0.15, -0.1) is 11.8 Å². The number of rotatable bonds is 11. The second-order valence-corrected chi connectivity index (χ2v) is 11.6. The molecule has 5 rings (SSSR count). The summed E-state index contributed by atoms with van der Waals surface area (Å²) in [4.78, 5) is 40.4. The summed E-state index contributed by atoms with van der Waals surface area (Å²) >= 11 is 1.36. The van der Waals surface area contributed by atoms with Crippen molar-refractivity contribution >= 4 is 46.9 Å². The van der Waals surface area contributed by atoms with Crippen molar-refractivity contribution in [1.29, 1.82) is 0 Å². The van der Waals surface area contributed by atoms with Crippen LogP contribution in [0.25, 0.3) is 17.2 Å². The zero-order valence-corrected chi connectivity index (χ0v) is 25.9. The van der Waals surface area contributed by atoms with Crippen LogP contribution < -0.4 is 16.0 Å². The Morgan fingerprint density at radius 1 is 0.717 bits per heavy atom. The molecule has 0 spiro atoms. The first-order valence-electron chi connectivity index (χ1n) is 14.8. The monoisotopic (exact) mass is 629 g/mol. The van der Waals surface area contributed by atoms with Gasteiger partial charge >= 0.3 is 0 Å². The molecule has 230 valence electrons. The van der Waals surface area contributed by atoms with E-state index in [1.807, 2.05) is 73.7 Å². The van der Waals surface area contributed by atoms with Crippen molar-refractivity contribution in [3.05, 3.63) is 156 Å². The fraction of sp³-hybridized carbons (Fsp3) is 0.0789. The normalized spacial score (nSPS) is 11.7. The fourth-order valence-corrected chi connectivity index (χ4v) is 5.61. The highest BCUT2D eigenvalue weighted by Gasteiger charge is 2.19. The van der Waals surface area contributed by atoms with Crippen LogP contribution in [0.15, 0.2) is 144 Å². The number of carbonyl (C=O) groups is 3. The standard InChI is InChI=1S/C38H32FN3O3S/c1-2-35(38(45)40-31-22-20-30(39)21-23-31)46-33-15-9-14-32(25-33)41-37(44)34(42-36(43)29-12-7-4-8-13-29)24-26-16-18-28(19-17-26)27-10-5-3-6-11-27/h3-25,35H,2H2,1H3,(H,40,45)(H,41,44)(H,42,43)/b34-24+. The molecule has 0 radical (unpaired) electrons. The van der Waals surface area contributed by atoms with Crippen molar-refractivity contribution < 1.29 is 18.8 Å². The molecule has 0 bridgehead atoms. The topological polar surface area (TPSA) is 87.3 Å². The van der Waals surface area contributed by atoms with Gasteiger partial charge < -0.3 is 16.0 Å². The van der Waals surface area contributed by atoms with Crippen LogP contribution in [0.1, 0.15) is 29.3 Å². The van der Waals surface area contributed by atoms with Crippen LogP contribution in [0.5, 0.6) is 0 Å². The van der Waals surface area contributed by atoms with Gasteiger partial charge in [-0.2, -0.15) is 0 Å². The summed E-state index contributed by atoms with van der Waals surface area (Å²) in [6.45, 7) is 1.91. The molecule has 0 aliphatic heterocycles. The van der Waals surface area contributed by atoms with E-state index in [-0.39, 0.29) is 17.4 Å². The van der Waals surface area contributed by atoms with E-state index in [4.69, 9.17) is 0 Å². The zero-order valence-electron chi connectivity index (χ0n) is 25.1. The van der Waals surface area contributed by atoms with Crippen LogP contribution in [0, 0.1) is 5.82 Å². The summed E-state index contributed by atoms with van der Waals surface area (Å²) in [6, 6.07) is 39.1. The summed E-state index contributed by atoms with van der Waals surface area (Å²) in [6.07, 6.45) is 2.19. The molecule has 0 fully saturated rings. The maximum absolute atomic E-state index is 13.6. The molecule has 46 heavy (non-hydrogen) atoms.